The Bertz CT molecular complexity index is 336. The van der Waals surface area contributed by atoms with Gasteiger partial charge in [0.25, 0.3) is 0 Å². The largest absolute Gasteiger partial charge is 0.296 e. The van der Waals surface area contributed by atoms with Crippen molar-refractivity contribution in [3.63, 3.8) is 0 Å². The van der Waals surface area contributed by atoms with Gasteiger partial charge in [0.05, 0.1) is 5.92 Å². The van der Waals surface area contributed by atoms with Crippen LogP contribution >= 0.6 is 0 Å². The smallest absolute Gasteiger partial charge is 0.233 e. The van der Waals surface area contributed by atoms with Crippen molar-refractivity contribution in [2.75, 3.05) is 0 Å². The molecule has 0 aromatic heterocycles. The summed E-state index contributed by atoms with van der Waals surface area (Å²) in [6.07, 6.45) is 18.7. The molecule has 2 amide bonds. The molecular weight excluding hydrogens is 262 g/mol. The molecule has 120 valence electrons. The molecule has 0 bridgehead atoms. The molecular formula is C18H31NO2. The molecule has 1 aliphatic rings. The van der Waals surface area contributed by atoms with Gasteiger partial charge < -0.3 is 0 Å². The lowest BCUT2D eigenvalue weighted by atomic mass is 10.0. The van der Waals surface area contributed by atoms with Gasteiger partial charge in [-0.25, -0.2) is 0 Å². The Morgan fingerprint density at radius 2 is 1.52 bits per heavy atom. The van der Waals surface area contributed by atoms with Crippen molar-refractivity contribution in [2.24, 2.45) is 5.92 Å². The fourth-order valence-electron chi connectivity index (χ4n) is 2.74. The van der Waals surface area contributed by atoms with Crippen molar-refractivity contribution in [1.82, 2.24) is 5.32 Å². The highest BCUT2D eigenvalue weighted by atomic mass is 16.2. The number of imide groups is 1. The first kappa shape index (κ1) is 17.9. The van der Waals surface area contributed by atoms with E-state index >= 15 is 0 Å². The van der Waals surface area contributed by atoms with Crippen LogP contribution in [0.25, 0.3) is 0 Å². The van der Waals surface area contributed by atoms with Crippen LogP contribution in [0.1, 0.15) is 84.0 Å². The van der Waals surface area contributed by atoms with Crippen LogP contribution in [0, 0.1) is 5.92 Å². The SMILES string of the molecule is CCCCCCCCCCCCC=CC1CC(=O)NC1=O. The Hall–Kier alpha value is -1.12. The molecule has 21 heavy (non-hydrogen) atoms. The van der Waals surface area contributed by atoms with Gasteiger partial charge in [-0.15, -0.1) is 0 Å². The lowest BCUT2D eigenvalue weighted by Crippen LogP contribution is -2.21. The van der Waals surface area contributed by atoms with E-state index in [1.165, 1.54) is 64.2 Å². The van der Waals surface area contributed by atoms with E-state index in [0.29, 0.717) is 6.42 Å². The number of amides is 2. The number of hydrogen-bond acceptors (Lipinski definition) is 2. The van der Waals surface area contributed by atoms with Gasteiger partial charge in [-0.05, 0) is 12.8 Å². The molecule has 0 aliphatic carbocycles. The van der Waals surface area contributed by atoms with Crippen LogP contribution in [0.2, 0.25) is 0 Å². The zero-order valence-electron chi connectivity index (χ0n) is 13.5. The molecule has 0 spiro atoms. The number of carbonyl (C=O) groups is 2. The minimum absolute atomic E-state index is 0.140. The first-order valence-corrected chi connectivity index (χ1v) is 8.74. The summed E-state index contributed by atoms with van der Waals surface area (Å²) in [5, 5.41) is 2.33. The van der Waals surface area contributed by atoms with E-state index in [1.54, 1.807) is 0 Å². The topological polar surface area (TPSA) is 46.2 Å². The highest BCUT2D eigenvalue weighted by Gasteiger charge is 2.27. The van der Waals surface area contributed by atoms with E-state index in [2.05, 4.69) is 18.3 Å². The lowest BCUT2D eigenvalue weighted by Gasteiger charge is -2.01. The maximum Gasteiger partial charge on any atom is 0.233 e. The highest BCUT2D eigenvalue weighted by molar-refractivity contribution is 6.04. The summed E-state index contributed by atoms with van der Waals surface area (Å²) in [7, 11) is 0. The molecule has 1 fully saturated rings. The molecule has 0 saturated carbocycles. The van der Waals surface area contributed by atoms with Crippen molar-refractivity contribution in [2.45, 2.75) is 84.0 Å². The van der Waals surface area contributed by atoms with Gasteiger partial charge in [0.15, 0.2) is 0 Å². The summed E-state index contributed by atoms with van der Waals surface area (Å²) in [6, 6.07) is 0. The maximum absolute atomic E-state index is 11.3. The average Bonchev–Trinajstić information content (AvgIpc) is 2.78. The summed E-state index contributed by atoms with van der Waals surface area (Å²) in [4.78, 5) is 22.4. The van der Waals surface area contributed by atoms with Crippen LogP contribution in [0.15, 0.2) is 12.2 Å². The number of nitrogens with one attached hydrogen (secondary N) is 1. The van der Waals surface area contributed by atoms with E-state index in [9.17, 15) is 9.59 Å². The Morgan fingerprint density at radius 1 is 0.952 bits per heavy atom. The molecule has 1 saturated heterocycles. The van der Waals surface area contributed by atoms with E-state index in [4.69, 9.17) is 0 Å². The monoisotopic (exact) mass is 293 g/mol. The second kappa shape index (κ2) is 11.5. The van der Waals surface area contributed by atoms with Crippen molar-refractivity contribution in [3.8, 4) is 0 Å². The van der Waals surface area contributed by atoms with E-state index in [-0.39, 0.29) is 17.7 Å². The van der Waals surface area contributed by atoms with Crippen LogP contribution in [0.4, 0.5) is 0 Å². The van der Waals surface area contributed by atoms with Gasteiger partial charge in [-0.3, -0.25) is 14.9 Å². The molecule has 3 nitrogen and oxygen atoms in total. The van der Waals surface area contributed by atoms with Gasteiger partial charge in [0.2, 0.25) is 11.8 Å². The Balaban J connectivity index is 1.86. The number of hydrogen-bond donors (Lipinski definition) is 1. The van der Waals surface area contributed by atoms with Gasteiger partial charge in [-0.2, -0.15) is 0 Å². The van der Waals surface area contributed by atoms with Crippen LogP contribution in [-0.2, 0) is 9.59 Å². The first-order valence-electron chi connectivity index (χ1n) is 8.74. The molecule has 1 unspecified atom stereocenters. The van der Waals surface area contributed by atoms with Gasteiger partial charge in [0, 0.05) is 6.42 Å². The predicted molar refractivity (Wildman–Crippen MR) is 86.9 cm³/mol. The number of carbonyl (C=O) groups excluding carboxylic acids is 2. The standard InChI is InChI=1S/C18H31NO2/c1-2-3-4-5-6-7-8-9-10-11-12-13-14-16-15-17(20)19-18(16)21/h13-14,16H,2-12,15H2,1H3,(H,19,20,21). The van der Waals surface area contributed by atoms with Crippen molar-refractivity contribution in [1.29, 1.82) is 0 Å². The Labute approximate surface area is 129 Å². The maximum atomic E-state index is 11.3. The highest BCUT2D eigenvalue weighted by Crippen LogP contribution is 2.14. The number of rotatable bonds is 12. The van der Waals surface area contributed by atoms with Gasteiger partial charge >= 0.3 is 0 Å². The molecule has 1 heterocycles. The molecule has 0 radical (unpaired) electrons. The van der Waals surface area contributed by atoms with Crippen LogP contribution in [0.3, 0.4) is 0 Å². The summed E-state index contributed by atoms with van der Waals surface area (Å²) in [5.41, 5.74) is 0. The average molecular weight is 293 g/mol. The lowest BCUT2D eigenvalue weighted by molar-refractivity contribution is -0.125. The second-order valence-corrected chi connectivity index (χ2v) is 6.12. The quantitative estimate of drug-likeness (QED) is 0.327. The van der Waals surface area contributed by atoms with Crippen molar-refractivity contribution in [3.05, 3.63) is 12.2 Å². The number of unbranched alkanes of at least 4 members (excludes halogenated alkanes) is 10. The summed E-state index contributed by atoms with van der Waals surface area (Å²) in [5.74, 6) is -0.506. The third kappa shape index (κ3) is 8.69. The summed E-state index contributed by atoms with van der Waals surface area (Å²) < 4.78 is 0. The third-order valence-corrected chi connectivity index (χ3v) is 4.10. The zero-order chi connectivity index (χ0) is 15.3. The first-order chi connectivity index (χ1) is 10.2. The molecule has 1 rings (SSSR count). The predicted octanol–water partition coefficient (Wildman–Crippen LogP) is 4.52. The summed E-state index contributed by atoms with van der Waals surface area (Å²) in [6.45, 7) is 2.26. The number of allylic oxidation sites excluding steroid dienone is 1. The molecule has 1 aliphatic heterocycles. The minimum atomic E-state index is -0.222. The Kier molecular flexibility index (Phi) is 9.84. The second-order valence-electron chi connectivity index (χ2n) is 6.12. The van der Waals surface area contributed by atoms with Crippen LogP contribution in [-0.4, -0.2) is 11.8 Å². The molecule has 3 heteroatoms. The van der Waals surface area contributed by atoms with Gasteiger partial charge in [0.1, 0.15) is 0 Å². The Morgan fingerprint density at radius 3 is 2.05 bits per heavy atom. The van der Waals surface area contributed by atoms with Gasteiger partial charge in [-0.1, -0.05) is 76.9 Å². The zero-order valence-corrected chi connectivity index (χ0v) is 13.5. The van der Waals surface area contributed by atoms with E-state index in [1.807, 2.05) is 6.08 Å². The van der Waals surface area contributed by atoms with Crippen molar-refractivity contribution < 1.29 is 9.59 Å². The molecule has 0 aromatic carbocycles. The fourth-order valence-corrected chi connectivity index (χ4v) is 2.74. The third-order valence-electron chi connectivity index (χ3n) is 4.10. The molecule has 0 aromatic rings. The van der Waals surface area contributed by atoms with Crippen molar-refractivity contribution >= 4 is 11.8 Å². The fraction of sp³-hybridized carbons (Fsp3) is 0.778. The normalized spacial score (nSPS) is 18.6. The van der Waals surface area contributed by atoms with E-state index < -0.39 is 0 Å². The van der Waals surface area contributed by atoms with Crippen LogP contribution in [0.5, 0.6) is 0 Å². The van der Waals surface area contributed by atoms with Crippen LogP contribution < -0.4 is 5.32 Å². The summed E-state index contributed by atoms with van der Waals surface area (Å²) >= 11 is 0. The molecule has 1 N–H and O–H groups in total. The molecule has 1 atom stereocenters. The van der Waals surface area contributed by atoms with E-state index in [0.717, 1.165) is 6.42 Å². The minimum Gasteiger partial charge on any atom is -0.296 e.